The van der Waals surface area contributed by atoms with Crippen molar-refractivity contribution in [2.24, 2.45) is 0 Å². The second kappa shape index (κ2) is 8.55. The molecule has 0 saturated carbocycles. The highest BCUT2D eigenvalue weighted by Crippen LogP contribution is 2.26. The number of benzene rings is 1. The topological polar surface area (TPSA) is 73.6 Å². The van der Waals surface area contributed by atoms with E-state index in [1.165, 1.54) is 0 Å². The minimum absolute atomic E-state index is 0.115. The molecule has 6 heteroatoms. The van der Waals surface area contributed by atoms with Gasteiger partial charge < -0.3 is 19.3 Å². The van der Waals surface area contributed by atoms with Crippen LogP contribution in [0, 0.1) is 0 Å². The SMILES string of the molecule is CCOc1ccccc1OCCCC(=O)Nc1cc(C(C)(C)C)on1. The van der Waals surface area contributed by atoms with E-state index in [0.29, 0.717) is 43.4 Å². The van der Waals surface area contributed by atoms with Gasteiger partial charge in [-0.25, -0.2) is 0 Å². The first-order valence-corrected chi connectivity index (χ1v) is 8.52. The highest BCUT2D eigenvalue weighted by Gasteiger charge is 2.20. The summed E-state index contributed by atoms with van der Waals surface area (Å²) >= 11 is 0. The van der Waals surface area contributed by atoms with Crippen LogP contribution in [0.3, 0.4) is 0 Å². The van der Waals surface area contributed by atoms with Gasteiger partial charge >= 0.3 is 0 Å². The molecule has 6 nitrogen and oxygen atoms in total. The Morgan fingerprint density at radius 1 is 1.20 bits per heavy atom. The standard InChI is InChI=1S/C19H26N2O4/c1-5-23-14-9-6-7-10-15(14)24-12-8-11-18(22)20-17-13-16(25-21-17)19(2,3)4/h6-7,9-10,13H,5,8,11-12H2,1-4H3,(H,20,21,22). The van der Waals surface area contributed by atoms with Crippen molar-refractivity contribution in [1.82, 2.24) is 5.16 Å². The van der Waals surface area contributed by atoms with Crippen molar-refractivity contribution >= 4 is 11.7 Å². The lowest BCUT2D eigenvalue weighted by atomic mass is 9.93. The summed E-state index contributed by atoms with van der Waals surface area (Å²) in [5, 5.41) is 6.62. The lowest BCUT2D eigenvalue weighted by Gasteiger charge is -2.12. The van der Waals surface area contributed by atoms with Crippen molar-refractivity contribution in [2.45, 2.75) is 46.0 Å². The first kappa shape index (κ1) is 18.8. The molecule has 0 atom stereocenters. The lowest BCUT2D eigenvalue weighted by molar-refractivity contribution is -0.116. The molecule has 0 bridgehead atoms. The van der Waals surface area contributed by atoms with Crippen LogP contribution in [0.25, 0.3) is 0 Å². The van der Waals surface area contributed by atoms with Crippen LogP contribution in [-0.2, 0) is 10.2 Å². The van der Waals surface area contributed by atoms with E-state index in [-0.39, 0.29) is 11.3 Å². The molecule has 1 aromatic heterocycles. The van der Waals surface area contributed by atoms with Crippen LogP contribution in [0.15, 0.2) is 34.9 Å². The minimum atomic E-state index is -0.141. The number of para-hydroxylation sites is 2. The Morgan fingerprint density at radius 3 is 2.48 bits per heavy atom. The predicted molar refractivity (Wildman–Crippen MR) is 96.2 cm³/mol. The van der Waals surface area contributed by atoms with E-state index in [1.54, 1.807) is 6.07 Å². The number of carbonyl (C=O) groups excluding carboxylic acids is 1. The summed E-state index contributed by atoms with van der Waals surface area (Å²) in [4.78, 5) is 12.0. The average molecular weight is 346 g/mol. The predicted octanol–water partition coefficient (Wildman–Crippen LogP) is 4.17. The normalized spacial score (nSPS) is 11.2. The largest absolute Gasteiger partial charge is 0.490 e. The first-order valence-electron chi connectivity index (χ1n) is 8.52. The van der Waals surface area contributed by atoms with E-state index >= 15 is 0 Å². The molecule has 1 amide bonds. The molecule has 1 N–H and O–H groups in total. The maximum atomic E-state index is 12.0. The van der Waals surface area contributed by atoms with Gasteiger partial charge in [-0.1, -0.05) is 38.1 Å². The summed E-state index contributed by atoms with van der Waals surface area (Å²) in [5.74, 6) is 2.47. The molecule has 0 aliphatic carbocycles. The molecule has 0 saturated heterocycles. The summed E-state index contributed by atoms with van der Waals surface area (Å²) in [6.07, 6.45) is 0.935. The third-order valence-electron chi connectivity index (χ3n) is 3.47. The first-order chi connectivity index (χ1) is 11.9. The monoisotopic (exact) mass is 346 g/mol. The second-order valence-corrected chi connectivity index (χ2v) is 6.71. The Labute approximate surface area is 148 Å². The van der Waals surface area contributed by atoms with Gasteiger partial charge in [0.15, 0.2) is 17.3 Å². The Balaban J connectivity index is 1.75. The Bertz CT molecular complexity index is 689. The van der Waals surface area contributed by atoms with Gasteiger partial charge in [-0.2, -0.15) is 0 Å². The Hall–Kier alpha value is -2.50. The number of anilines is 1. The van der Waals surface area contributed by atoms with Crippen molar-refractivity contribution < 1.29 is 18.8 Å². The fourth-order valence-electron chi connectivity index (χ4n) is 2.15. The van der Waals surface area contributed by atoms with E-state index in [1.807, 2.05) is 52.0 Å². The number of nitrogens with one attached hydrogen (secondary N) is 1. The second-order valence-electron chi connectivity index (χ2n) is 6.71. The van der Waals surface area contributed by atoms with Crippen LogP contribution in [0.4, 0.5) is 5.82 Å². The lowest BCUT2D eigenvalue weighted by Crippen LogP contribution is -2.13. The highest BCUT2D eigenvalue weighted by molar-refractivity contribution is 5.89. The van der Waals surface area contributed by atoms with Crippen molar-refractivity contribution in [3.63, 3.8) is 0 Å². The third kappa shape index (κ3) is 5.81. The van der Waals surface area contributed by atoms with E-state index in [9.17, 15) is 4.79 Å². The number of hydrogen-bond acceptors (Lipinski definition) is 5. The zero-order valence-electron chi connectivity index (χ0n) is 15.3. The number of nitrogens with zero attached hydrogens (tertiary/aromatic N) is 1. The molecule has 0 spiro atoms. The molecule has 0 aliphatic rings. The molecule has 136 valence electrons. The van der Waals surface area contributed by atoms with Crippen molar-refractivity contribution in [1.29, 1.82) is 0 Å². The van der Waals surface area contributed by atoms with Crippen molar-refractivity contribution in [2.75, 3.05) is 18.5 Å². The minimum Gasteiger partial charge on any atom is -0.490 e. The summed E-state index contributed by atoms with van der Waals surface area (Å²) in [7, 11) is 0. The van der Waals surface area contributed by atoms with Gasteiger partial charge in [-0.3, -0.25) is 4.79 Å². The van der Waals surface area contributed by atoms with Crippen LogP contribution < -0.4 is 14.8 Å². The van der Waals surface area contributed by atoms with Crippen LogP contribution in [0.2, 0.25) is 0 Å². The van der Waals surface area contributed by atoms with Crippen LogP contribution in [-0.4, -0.2) is 24.3 Å². The molecule has 2 rings (SSSR count). The highest BCUT2D eigenvalue weighted by atomic mass is 16.5. The molecule has 1 aromatic carbocycles. The van der Waals surface area contributed by atoms with Crippen LogP contribution >= 0.6 is 0 Å². The Morgan fingerprint density at radius 2 is 1.88 bits per heavy atom. The van der Waals surface area contributed by atoms with Gasteiger partial charge in [0.2, 0.25) is 5.91 Å². The average Bonchev–Trinajstić information content (AvgIpc) is 3.02. The van der Waals surface area contributed by atoms with E-state index in [4.69, 9.17) is 14.0 Å². The molecule has 1 heterocycles. The maximum Gasteiger partial charge on any atom is 0.225 e. The van der Waals surface area contributed by atoms with Gasteiger partial charge in [0.05, 0.1) is 13.2 Å². The molecular weight excluding hydrogens is 320 g/mol. The maximum absolute atomic E-state index is 12.0. The Kier molecular flexibility index (Phi) is 6.44. The fourth-order valence-corrected chi connectivity index (χ4v) is 2.15. The quantitative estimate of drug-likeness (QED) is 0.726. The molecular formula is C19H26N2O4. The number of amides is 1. The molecule has 0 radical (unpaired) electrons. The van der Waals surface area contributed by atoms with Crippen molar-refractivity contribution in [3.8, 4) is 11.5 Å². The smallest absolute Gasteiger partial charge is 0.225 e. The molecule has 0 fully saturated rings. The number of rotatable bonds is 8. The summed E-state index contributed by atoms with van der Waals surface area (Å²) < 4.78 is 16.4. The van der Waals surface area contributed by atoms with Crippen LogP contribution in [0.1, 0.15) is 46.3 Å². The molecule has 0 aliphatic heterocycles. The van der Waals surface area contributed by atoms with Crippen molar-refractivity contribution in [3.05, 3.63) is 36.1 Å². The number of aromatic nitrogens is 1. The zero-order chi connectivity index (χ0) is 18.3. The van der Waals surface area contributed by atoms with Gasteiger partial charge in [0.1, 0.15) is 5.76 Å². The summed E-state index contributed by atoms with van der Waals surface area (Å²) in [6.45, 7) is 9.01. The number of carbonyl (C=O) groups is 1. The van der Waals surface area contributed by atoms with Gasteiger partial charge in [-0.15, -0.1) is 0 Å². The fraction of sp³-hybridized carbons (Fsp3) is 0.474. The number of ether oxygens (including phenoxy) is 2. The zero-order valence-corrected chi connectivity index (χ0v) is 15.3. The van der Waals surface area contributed by atoms with E-state index in [0.717, 1.165) is 5.76 Å². The number of hydrogen-bond donors (Lipinski definition) is 1. The summed E-state index contributed by atoms with van der Waals surface area (Å²) in [5.41, 5.74) is -0.141. The van der Waals surface area contributed by atoms with Crippen LogP contribution in [0.5, 0.6) is 11.5 Å². The van der Waals surface area contributed by atoms with Gasteiger partial charge in [0, 0.05) is 17.9 Å². The summed E-state index contributed by atoms with van der Waals surface area (Å²) in [6, 6.07) is 9.27. The van der Waals surface area contributed by atoms with Gasteiger partial charge in [0.25, 0.3) is 0 Å². The molecule has 25 heavy (non-hydrogen) atoms. The molecule has 0 unspecified atom stereocenters. The molecule has 2 aromatic rings. The van der Waals surface area contributed by atoms with E-state index in [2.05, 4.69) is 10.5 Å². The van der Waals surface area contributed by atoms with E-state index < -0.39 is 0 Å². The van der Waals surface area contributed by atoms with Gasteiger partial charge in [-0.05, 0) is 25.5 Å². The third-order valence-corrected chi connectivity index (χ3v) is 3.47.